The van der Waals surface area contributed by atoms with E-state index < -0.39 is 0 Å². The number of hydrogen-bond acceptors (Lipinski definition) is 21. The quantitative estimate of drug-likeness (QED) is 0.0342. The van der Waals surface area contributed by atoms with Gasteiger partial charge in [0.15, 0.2) is 0 Å². The number of aliphatic hydroxyl groups is 1. The van der Waals surface area contributed by atoms with Gasteiger partial charge in [0.1, 0.15) is 71.6 Å². The number of piperazine rings is 3. The lowest BCUT2D eigenvalue weighted by molar-refractivity contribution is 0.0652. The maximum atomic E-state index is 13.0. The SMILES string of the molecule is CN1CCN(C(=O)c2cc3cc(Cc4nccc(-c5cc(OC/C=C/CO)ccn5)n4)ccc3[nH]2)CC1.CN1CCN(C(=O)c2cc3cc(Cc4nccc(-c5cc(OCc6cccnc6)ccn5)n4)ccc3[nH]2)CC1.COCCOc1ccnc(-c2ccnc(Cc3ccc4[nH]c(C(=O)N5CCN(C)CC5)cc4c3)n2)c1. The van der Waals surface area contributed by atoms with Gasteiger partial charge in [-0.25, -0.2) is 29.9 Å². The first-order valence-corrected chi connectivity index (χ1v) is 37.4. The molecule has 16 rings (SSSR count). The molecule has 0 aliphatic carbocycles. The number of amides is 3. The van der Waals surface area contributed by atoms with Crippen LogP contribution in [-0.2, 0) is 30.6 Å². The van der Waals surface area contributed by atoms with E-state index in [0.29, 0.717) is 103 Å². The summed E-state index contributed by atoms with van der Waals surface area (Å²) in [4.78, 5) is 106. The number of carbonyl (C=O) groups excluding carboxylic acids is 3. The molecule has 27 heteroatoms. The number of methoxy groups -OCH3 is 1. The fourth-order valence-electron chi connectivity index (χ4n) is 13.3. The summed E-state index contributed by atoms with van der Waals surface area (Å²) in [6.45, 7) is 11.6. The summed E-state index contributed by atoms with van der Waals surface area (Å²) in [5, 5.41) is 11.8. The van der Waals surface area contributed by atoms with Crippen molar-refractivity contribution in [3.63, 3.8) is 0 Å². The largest absolute Gasteiger partial charge is 0.491 e. The van der Waals surface area contributed by atoms with E-state index in [1.54, 1.807) is 74.9 Å². The fourth-order valence-corrected chi connectivity index (χ4v) is 13.3. The minimum absolute atomic E-state index is 0.0123. The standard InChI is InChI=1S/C30H29N7O2.C28H30N6O3.C27H30N6O3/c1-36-11-13-37(14-12-36)30(38)28-17-23-15-21(4-5-25(23)34-28)16-29-33-10-7-26(35-29)27-18-24(6-9-32-27)39-20-22-3-2-8-31-19-22;1-33-10-12-34(13-11-33)28(36)26-18-21-16-20(4-5-23(21)31-26)17-27-30-9-7-24(32-27)25-19-22(6-8-29-25)37-15-3-2-14-35;1-32-9-11-33(12-10-32)27(34)25-17-20-15-19(3-4-22(20)30-25)16-26-29-8-6-23(31-26)24-18-21(5-7-28-24)36-14-13-35-2/h2-10,15,17-19,34H,11-14,16,20H2,1H3;2-9,16,18-19,31,35H,10-15,17H2,1H3;3-8,15,17-18,30H,9-14,16H2,1-2H3/b;3-2+;. The van der Waals surface area contributed by atoms with Gasteiger partial charge in [0.2, 0.25) is 0 Å². The van der Waals surface area contributed by atoms with Gasteiger partial charge in [0.25, 0.3) is 17.7 Å². The molecule has 0 atom stereocenters. The number of aromatic nitrogens is 13. The van der Waals surface area contributed by atoms with Crippen molar-refractivity contribution in [3.05, 3.63) is 258 Å². The Kier molecular flexibility index (Phi) is 25.0. The Morgan fingerprint density at radius 1 is 0.402 bits per heavy atom. The maximum absolute atomic E-state index is 13.0. The molecule has 3 aliphatic rings. The van der Waals surface area contributed by atoms with Gasteiger partial charge < -0.3 is 68.4 Å². The van der Waals surface area contributed by atoms with Crippen LogP contribution in [0.3, 0.4) is 0 Å². The maximum Gasteiger partial charge on any atom is 0.270 e. The van der Waals surface area contributed by atoms with Gasteiger partial charge in [-0.2, -0.15) is 0 Å². The van der Waals surface area contributed by atoms with Crippen LogP contribution in [0, 0.1) is 0 Å². The van der Waals surface area contributed by atoms with Gasteiger partial charge in [-0.1, -0.05) is 30.3 Å². The lowest BCUT2D eigenvalue weighted by Crippen LogP contribution is -2.47. The summed E-state index contributed by atoms with van der Waals surface area (Å²) >= 11 is 0. The molecule has 3 saturated heterocycles. The zero-order chi connectivity index (χ0) is 77.1. The molecule has 0 unspecified atom stereocenters. The van der Waals surface area contributed by atoms with Crippen LogP contribution in [0.15, 0.2) is 201 Å². The molecule has 4 N–H and O–H groups in total. The van der Waals surface area contributed by atoms with Crippen molar-refractivity contribution in [2.45, 2.75) is 25.9 Å². The van der Waals surface area contributed by atoms with E-state index in [-0.39, 0.29) is 24.3 Å². The first-order chi connectivity index (χ1) is 54.8. The van der Waals surface area contributed by atoms with E-state index in [1.807, 2.05) is 130 Å². The lowest BCUT2D eigenvalue weighted by atomic mass is 10.1. The predicted molar refractivity (Wildman–Crippen MR) is 427 cm³/mol. The molecule has 13 aromatic rings. The number of pyridine rings is 4. The molecular formula is C85H89N19O8. The van der Waals surface area contributed by atoms with Crippen molar-refractivity contribution in [3.8, 4) is 51.4 Å². The van der Waals surface area contributed by atoms with Gasteiger partial charge >= 0.3 is 0 Å². The molecule has 3 amide bonds. The predicted octanol–water partition coefficient (Wildman–Crippen LogP) is 9.92. The number of likely N-dealkylation sites (N-methyl/N-ethyl adjacent to an activating group) is 3. The second-order valence-electron chi connectivity index (χ2n) is 27.8. The van der Waals surface area contributed by atoms with E-state index >= 15 is 0 Å². The molecule has 3 aliphatic heterocycles. The van der Waals surface area contributed by atoms with E-state index in [4.69, 9.17) is 39.0 Å². The highest BCUT2D eigenvalue weighted by atomic mass is 16.5. The van der Waals surface area contributed by atoms with Crippen LogP contribution in [0.4, 0.5) is 0 Å². The summed E-state index contributed by atoms with van der Waals surface area (Å²) in [6, 6.07) is 44.6. The van der Waals surface area contributed by atoms with Crippen molar-refractivity contribution in [1.29, 1.82) is 0 Å². The van der Waals surface area contributed by atoms with Gasteiger partial charge in [-0.3, -0.25) is 34.3 Å². The average molecular weight is 1500 g/mol. The molecule has 572 valence electrons. The van der Waals surface area contributed by atoms with E-state index in [2.05, 4.69) is 104 Å². The van der Waals surface area contributed by atoms with Crippen LogP contribution in [0.25, 0.3) is 66.9 Å². The molecule has 0 spiro atoms. The first-order valence-electron chi connectivity index (χ1n) is 37.4. The number of H-pyrrole nitrogens is 3. The zero-order valence-corrected chi connectivity index (χ0v) is 63.2. The molecule has 10 aromatic heterocycles. The Morgan fingerprint density at radius 3 is 1.16 bits per heavy atom. The Morgan fingerprint density at radius 2 is 0.786 bits per heavy atom. The lowest BCUT2D eigenvalue weighted by Gasteiger charge is -2.32. The molecular weight excluding hydrogens is 1420 g/mol. The second-order valence-corrected chi connectivity index (χ2v) is 27.8. The van der Waals surface area contributed by atoms with Crippen molar-refractivity contribution in [2.24, 2.45) is 0 Å². The van der Waals surface area contributed by atoms with Crippen LogP contribution in [0.1, 0.15) is 71.2 Å². The van der Waals surface area contributed by atoms with Gasteiger partial charge in [-0.05, 0) is 141 Å². The molecule has 112 heavy (non-hydrogen) atoms. The monoisotopic (exact) mass is 1500 g/mol. The van der Waals surface area contributed by atoms with Gasteiger partial charge in [-0.15, -0.1) is 0 Å². The van der Waals surface area contributed by atoms with Crippen LogP contribution in [0.2, 0.25) is 0 Å². The minimum Gasteiger partial charge on any atom is -0.491 e. The van der Waals surface area contributed by atoms with Crippen LogP contribution >= 0.6 is 0 Å². The van der Waals surface area contributed by atoms with Crippen LogP contribution < -0.4 is 14.2 Å². The average Bonchev–Trinajstić information content (AvgIpc) is 1.63. The number of aliphatic hydroxyl groups excluding tert-OH is 1. The molecule has 3 fully saturated rings. The smallest absolute Gasteiger partial charge is 0.270 e. The number of nitrogens with one attached hydrogen (secondary N) is 3. The van der Waals surface area contributed by atoms with Crippen molar-refractivity contribution >= 4 is 50.4 Å². The number of rotatable bonds is 23. The van der Waals surface area contributed by atoms with Gasteiger partial charge in [0.05, 0.1) is 47.4 Å². The summed E-state index contributed by atoms with van der Waals surface area (Å²) in [5.74, 6) is 4.33. The molecule has 13 heterocycles. The number of nitrogens with zero attached hydrogens (tertiary/aromatic N) is 16. The number of aromatic amines is 3. The number of hydrogen-bond donors (Lipinski definition) is 4. The highest BCUT2D eigenvalue weighted by Crippen LogP contribution is 2.28. The minimum atomic E-state index is -0.0123. The Balaban J connectivity index is 0.000000140. The Bertz CT molecular complexity index is 5400. The molecule has 0 bridgehead atoms. The molecule has 27 nitrogen and oxygen atoms in total. The van der Waals surface area contributed by atoms with Crippen molar-refractivity contribution in [2.75, 3.05) is 133 Å². The third-order valence-corrected chi connectivity index (χ3v) is 19.6. The normalized spacial score (nSPS) is 14.3. The number of ether oxygens (including phenoxy) is 4. The summed E-state index contributed by atoms with van der Waals surface area (Å²) in [6.07, 6.45) is 19.0. The van der Waals surface area contributed by atoms with E-state index in [0.717, 1.165) is 162 Å². The Hall–Kier alpha value is -12.5. The summed E-state index contributed by atoms with van der Waals surface area (Å²) in [5.41, 5.74) is 13.2. The highest BCUT2D eigenvalue weighted by Gasteiger charge is 2.26. The zero-order valence-electron chi connectivity index (χ0n) is 63.2. The van der Waals surface area contributed by atoms with Crippen molar-refractivity contribution in [1.82, 2.24) is 94.2 Å². The second kappa shape index (κ2) is 36.8. The number of benzene rings is 3. The van der Waals surface area contributed by atoms with E-state index in [1.165, 1.54) is 0 Å². The van der Waals surface area contributed by atoms with E-state index in [9.17, 15) is 14.4 Å². The number of fused-ring (bicyclic) bond motifs is 3. The molecule has 0 radical (unpaired) electrons. The fraction of sp³-hybridized carbons (Fsp3) is 0.282. The number of carbonyl (C=O) groups is 3. The third-order valence-electron chi connectivity index (χ3n) is 19.6. The topological polar surface area (TPSA) is 304 Å². The van der Waals surface area contributed by atoms with Crippen LogP contribution in [0.5, 0.6) is 17.2 Å². The summed E-state index contributed by atoms with van der Waals surface area (Å²) < 4.78 is 22.3. The van der Waals surface area contributed by atoms with Crippen molar-refractivity contribution < 1.29 is 38.4 Å². The first kappa shape index (κ1) is 76.2. The third kappa shape index (κ3) is 20.1. The Labute approximate surface area is 648 Å². The molecule has 0 saturated carbocycles. The van der Waals surface area contributed by atoms with Gasteiger partial charge in [0, 0.05) is 211 Å². The summed E-state index contributed by atoms with van der Waals surface area (Å²) in [7, 11) is 7.88. The highest BCUT2D eigenvalue weighted by molar-refractivity contribution is 6.00. The van der Waals surface area contributed by atoms with Crippen LogP contribution in [-0.4, -0.2) is 250 Å². The molecule has 3 aromatic carbocycles.